The molecule has 12 aromatic rings. The maximum Gasteiger partial charge on any atom is 0.164 e. The minimum Gasteiger partial charge on any atom is -0.456 e. The third-order valence-electron chi connectivity index (χ3n) is 11.1. The topological polar surface area (TPSA) is 69.9 Å². The summed E-state index contributed by atoms with van der Waals surface area (Å²) in [4.78, 5) is 14.9. The summed E-state index contributed by atoms with van der Waals surface area (Å²) in [6, 6.07) is 62.6. The van der Waals surface area contributed by atoms with Gasteiger partial charge in [-0.3, -0.25) is 0 Å². The van der Waals surface area contributed by atoms with Crippen molar-refractivity contribution in [1.29, 1.82) is 0 Å². The first-order valence-electron chi connectivity index (χ1n) is 19.0. The van der Waals surface area contributed by atoms with Crippen LogP contribution < -0.4 is 0 Å². The molecule has 0 fully saturated rings. The maximum atomic E-state index is 6.85. The van der Waals surface area contributed by atoms with Gasteiger partial charge in [0.15, 0.2) is 23.1 Å². The number of para-hydroxylation sites is 3. The lowest BCUT2D eigenvalue weighted by molar-refractivity contribution is 0.666. The molecule has 0 amide bonds. The summed E-state index contributed by atoms with van der Waals surface area (Å²) in [6.45, 7) is 0. The van der Waals surface area contributed by atoms with E-state index in [0.29, 0.717) is 17.5 Å². The molecule has 0 saturated heterocycles. The van der Waals surface area contributed by atoms with Crippen LogP contribution in [0.1, 0.15) is 0 Å². The van der Waals surface area contributed by atoms with Crippen LogP contribution in [0.5, 0.6) is 0 Å². The largest absolute Gasteiger partial charge is 0.456 e. The van der Waals surface area contributed by atoms with E-state index in [1.54, 1.807) is 0 Å². The van der Waals surface area contributed by atoms with E-state index in [4.69, 9.17) is 23.8 Å². The molecule has 0 N–H and O–H groups in total. The van der Waals surface area contributed by atoms with Crippen LogP contribution in [0, 0.1) is 0 Å². The smallest absolute Gasteiger partial charge is 0.164 e. The Morgan fingerprint density at radius 3 is 1.65 bits per heavy atom. The fourth-order valence-corrected chi connectivity index (χ4v) is 8.45. The van der Waals surface area contributed by atoms with E-state index >= 15 is 0 Å². The van der Waals surface area contributed by atoms with Crippen LogP contribution in [0.2, 0.25) is 0 Å². The molecule has 0 aliphatic carbocycles. The van der Waals surface area contributed by atoms with Gasteiger partial charge in [-0.15, -0.1) is 0 Å². The van der Waals surface area contributed by atoms with Gasteiger partial charge in [-0.25, -0.2) is 15.0 Å². The van der Waals surface area contributed by atoms with E-state index in [9.17, 15) is 0 Å². The van der Waals surface area contributed by atoms with Crippen molar-refractivity contribution in [2.24, 2.45) is 0 Å². The summed E-state index contributed by atoms with van der Waals surface area (Å²) in [5.74, 6) is 1.84. The highest BCUT2D eigenvalue weighted by molar-refractivity contribution is 6.16. The van der Waals surface area contributed by atoms with Crippen LogP contribution >= 0.6 is 0 Å². The van der Waals surface area contributed by atoms with Gasteiger partial charge < -0.3 is 13.4 Å². The zero-order chi connectivity index (χ0) is 37.5. The number of hydrogen-bond donors (Lipinski definition) is 0. The van der Waals surface area contributed by atoms with E-state index < -0.39 is 0 Å². The van der Waals surface area contributed by atoms with E-state index in [0.717, 1.165) is 88.4 Å². The van der Waals surface area contributed by atoms with E-state index in [1.165, 1.54) is 10.8 Å². The SMILES string of the molecule is c1ccc(-c2nc(-c3ccccc3)nc(-c3ccc4oc5cccc(-c6ccc7c(c6)oc6c(-n8c9ccccc9c9ccccc98)cccc67)c5c4c3)n2)cc1. The van der Waals surface area contributed by atoms with Gasteiger partial charge in [-0.05, 0) is 65.7 Å². The summed E-state index contributed by atoms with van der Waals surface area (Å²) in [5, 5.41) is 6.60. The van der Waals surface area contributed by atoms with Crippen molar-refractivity contribution in [3.63, 3.8) is 0 Å². The quantitative estimate of drug-likeness (QED) is 0.176. The zero-order valence-corrected chi connectivity index (χ0v) is 30.4. The molecule has 8 aromatic carbocycles. The summed E-state index contributed by atoms with van der Waals surface area (Å²) in [6.07, 6.45) is 0. The van der Waals surface area contributed by atoms with E-state index in [-0.39, 0.29) is 0 Å². The number of fused-ring (bicyclic) bond motifs is 9. The highest BCUT2D eigenvalue weighted by atomic mass is 16.3. The van der Waals surface area contributed by atoms with Crippen molar-refractivity contribution in [3.8, 4) is 51.0 Å². The second-order valence-electron chi connectivity index (χ2n) is 14.4. The first-order chi connectivity index (χ1) is 28.2. The predicted octanol–water partition coefficient (Wildman–Crippen LogP) is 13.4. The molecule has 4 aromatic heterocycles. The molecule has 0 atom stereocenters. The first-order valence-corrected chi connectivity index (χ1v) is 19.0. The maximum absolute atomic E-state index is 6.85. The molecular formula is C51H30N4O2. The van der Waals surface area contributed by atoms with Crippen molar-refractivity contribution in [2.45, 2.75) is 0 Å². The fourth-order valence-electron chi connectivity index (χ4n) is 8.45. The molecule has 0 aliphatic rings. The molecule has 12 rings (SSSR count). The van der Waals surface area contributed by atoms with Gasteiger partial charge in [0.25, 0.3) is 0 Å². The Labute approximate surface area is 325 Å². The van der Waals surface area contributed by atoms with Crippen LogP contribution in [-0.4, -0.2) is 19.5 Å². The molecular weight excluding hydrogens is 701 g/mol. The highest BCUT2D eigenvalue weighted by Gasteiger charge is 2.20. The Hall–Kier alpha value is -7.83. The average molecular weight is 731 g/mol. The third kappa shape index (κ3) is 4.94. The molecule has 0 bridgehead atoms. The second-order valence-corrected chi connectivity index (χ2v) is 14.4. The van der Waals surface area contributed by atoms with Crippen molar-refractivity contribution < 1.29 is 8.83 Å². The van der Waals surface area contributed by atoms with Crippen LogP contribution in [0.3, 0.4) is 0 Å². The first kappa shape index (κ1) is 31.5. The van der Waals surface area contributed by atoms with Gasteiger partial charge in [-0.1, -0.05) is 127 Å². The summed E-state index contributed by atoms with van der Waals surface area (Å²) >= 11 is 0. The molecule has 4 heterocycles. The second kappa shape index (κ2) is 12.3. The lowest BCUT2D eigenvalue weighted by Crippen LogP contribution is -2.00. The molecule has 6 heteroatoms. The predicted molar refractivity (Wildman–Crippen MR) is 230 cm³/mol. The van der Waals surface area contributed by atoms with Crippen LogP contribution in [0.4, 0.5) is 0 Å². The molecule has 6 nitrogen and oxygen atoms in total. The molecule has 266 valence electrons. The summed E-state index contributed by atoms with van der Waals surface area (Å²) in [7, 11) is 0. The number of nitrogens with zero attached hydrogens (tertiary/aromatic N) is 4. The van der Waals surface area contributed by atoms with E-state index in [2.05, 4.69) is 108 Å². The van der Waals surface area contributed by atoms with Gasteiger partial charge >= 0.3 is 0 Å². The molecule has 0 saturated carbocycles. The van der Waals surface area contributed by atoms with E-state index in [1.807, 2.05) is 78.9 Å². The molecule has 0 radical (unpaired) electrons. The molecule has 0 aliphatic heterocycles. The highest BCUT2D eigenvalue weighted by Crippen LogP contribution is 2.42. The Morgan fingerprint density at radius 2 is 0.947 bits per heavy atom. The van der Waals surface area contributed by atoms with Gasteiger partial charge in [0.05, 0.1) is 16.7 Å². The van der Waals surface area contributed by atoms with Gasteiger partial charge in [-0.2, -0.15) is 0 Å². The zero-order valence-electron chi connectivity index (χ0n) is 30.4. The van der Waals surface area contributed by atoms with Gasteiger partial charge in [0.1, 0.15) is 16.7 Å². The van der Waals surface area contributed by atoms with Gasteiger partial charge in [0.2, 0.25) is 0 Å². The standard InChI is InChI=1S/C51H30N4O2/c1-3-13-31(14-4-1)49-52-50(32-15-5-2-6-16-32)54-51(53-49)34-26-28-44-40(29-34)47-35(19-12-24-45(47)56-44)33-25-27-38-39-20-11-23-43(48(39)57-46(38)30-33)55-41-21-9-7-17-36(41)37-18-8-10-22-42(37)55/h1-30H. The monoisotopic (exact) mass is 730 g/mol. The summed E-state index contributed by atoms with van der Waals surface area (Å²) < 4.78 is 15.7. The fraction of sp³-hybridized carbons (Fsp3) is 0. The number of benzene rings is 8. The number of hydrogen-bond acceptors (Lipinski definition) is 5. The Kier molecular flexibility index (Phi) is 6.83. The van der Waals surface area contributed by atoms with Crippen molar-refractivity contribution >= 4 is 65.7 Å². The third-order valence-corrected chi connectivity index (χ3v) is 11.1. The Balaban J connectivity index is 1.02. The van der Waals surface area contributed by atoms with Crippen LogP contribution in [0.25, 0.3) is 117 Å². The molecule has 0 unspecified atom stereocenters. The van der Waals surface area contributed by atoms with Gasteiger partial charge in [0, 0.05) is 49.0 Å². The van der Waals surface area contributed by atoms with Crippen molar-refractivity contribution in [1.82, 2.24) is 19.5 Å². The van der Waals surface area contributed by atoms with Crippen molar-refractivity contribution in [3.05, 3.63) is 182 Å². The molecule has 57 heavy (non-hydrogen) atoms. The van der Waals surface area contributed by atoms with Crippen LogP contribution in [-0.2, 0) is 0 Å². The minimum absolute atomic E-state index is 0.596. The number of aromatic nitrogens is 4. The number of rotatable bonds is 5. The lowest BCUT2D eigenvalue weighted by atomic mass is 9.97. The Bertz CT molecular complexity index is 3410. The summed E-state index contributed by atoms with van der Waals surface area (Å²) in [5.41, 5.74) is 11.4. The number of furan rings is 2. The Morgan fingerprint density at radius 1 is 0.351 bits per heavy atom. The minimum atomic E-state index is 0.596. The van der Waals surface area contributed by atoms with Crippen molar-refractivity contribution in [2.75, 3.05) is 0 Å². The normalized spacial score (nSPS) is 11.9. The average Bonchev–Trinajstić information content (AvgIpc) is 3.96. The van der Waals surface area contributed by atoms with Crippen LogP contribution in [0.15, 0.2) is 191 Å². The lowest BCUT2D eigenvalue weighted by Gasteiger charge is -2.08. The molecule has 0 spiro atoms.